The predicted molar refractivity (Wildman–Crippen MR) is 89.5 cm³/mol. The summed E-state index contributed by atoms with van der Waals surface area (Å²) < 4.78 is 5.39. The summed E-state index contributed by atoms with van der Waals surface area (Å²) in [6.45, 7) is 3.75. The normalized spacial score (nSPS) is 11.6. The first-order chi connectivity index (χ1) is 11.1. The highest BCUT2D eigenvalue weighted by Gasteiger charge is 2.19. The average Bonchev–Trinajstić information content (AvgIpc) is 3.02. The second-order valence-corrected chi connectivity index (χ2v) is 5.79. The van der Waals surface area contributed by atoms with Crippen molar-refractivity contribution in [2.45, 2.75) is 26.3 Å². The molecule has 0 saturated heterocycles. The van der Waals surface area contributed by atoms with Gasteiger partial charge in [0.15, 0.2) is 0 Å². The SMILES string of the molecule is CCOc1ncccc1NC(=O)C[C@H](NC(C)=O)c1cccs1. The predicted octanol–water partition coefficient (Wildman–Crippen LogP) is 2.75. The molecular formula is C16H19N3O3S. The van der Waals surface area contributed by atoms with Crippen molar-refractivity contribution >= 4 is 28.8 Å². The molecule has 2 amide bonds. The zero-order chi connectivity index (χ0) is 16.7. The van der Waals surface area contributed by atoms with Crippen molar-refractivity contribution in [3.05, 3.63) is 40.7 Å². The van der Waals surface area contributed by atoms with E-state index in [4.69, 9.17) is 4.74 Å². The number of amides is 2. The molecule has 23 heavy (non-hydrogen) atoms. The van der Waals surface area contributed by atoms with Crippen LogP contribution in [0.3, 0.4) is 0 Å². The molecule has 0 saturated carbocycles. The molecule has 1 atom stereocenters. The number of carbonyl (C=O) groups excluding carboxylic acids is 2. The molecular weight excluding hydrogens is 314 g/mol. The largest absolute Gasteiger partial charge is 0.476 e. The number of nitrogens with zero attached hydrogens (tertiary/aromatic N) is 1. The Balaban J connectivity index is 2.06. The van der Waals surface area contributed by atoms with Crippen molar-refractivity contribution < 1.29 is 14.3 Å². The van der Waals surface area contributed by atoms with Crippen molar-refractivity contribution in [1.29, 1.82) is 0 Å². The molecule has 6 nitrogen and oxygen atoms in total. The third-order valence-corrected chi connectivity index (χ3v) is 3.97. The average molecular weight is 333 g/mol. The van der Waals surface area contributed by atoms with Gasteiger partial charge < -0.3 is 15.4 Å². The van der Waals surface area contributed by atoms with Crippen molar-refractivity contribution in [2.24, 2.45) is 0 Å². The number of carbonyl (C=O) groups is 2. The van der Waals surface area contributed by atoms with Gasteiger partial charge in [-0.1, -0.05) is 6.07 Å². The molecule has 0 aromatic carbocycles. The Bertz CT molecular complexity index is 658. The van der Waals surface area contributed by atoms with Crippen molar-refractivity contribution in [2.75, 3.05) is 11.9 Å². The molecule has 122 valence electrons. The summed E-state index contributed by atoms with van der Waals surface area (Å²) in [5.41, 5.74) is 0.520. The number of nitrogens with one attached hydrogen (secondary N) is 2. The van der Waals surface area contributed by atoms with Gasteiger partial charge in [-0.3, -0.25) is 9.59 Å². The molecule has 0 spiro atoms. The summed E-state index contributed by atoms with van der Waals surface area (Å²) in [6.07, 6.45) is 1.74. The molecule has 0 fully saturated rings. The quantitative estimate of drug-likeness (QED) is 0.816. The van der Waals surface area contributed by atoms with Crippen molar-refractivity contribution in [3.8, 4) is 5.88 Å². The monoisotopic (exact) mass is 333 g/mol. The lowest BCUT2D eigenvalue weighted by Gasteiger charge is -2.17. The van der Waals surface area contributed by atoms with Crippen molar-refractivity contribution in [3.63, 3.8) is 0 Å². The molecule has 0 aliphatic rings. The summed E-state index contributed by atoms with van der Waals surface area (Å²) in [5.74, 6) is -0.00534. The molecule has 0 aliphatic carbocycles. The van der Waals surface area contributed by atoms with Crippen LogP contribution in [0.25, 0.3) is 0 Å². The number of rotatable bonds is 7. The highest BCUT2D eigenvalue weighted by atomic mass is 32.1. The third-order valence-electron chi connectivity index (χ3n) is 2.98. The van der Waals surface area contributed by atoms with Gasteiger partial charge in [0.1, 0.15) is 5.69 Å². The minimum Gasteiger partial charge on any atom is -0.476 e. The van der Waals surface area contributed by atoms with Gasteiger partial charge in [0.05, 0.1) is 19.1 Å². The van der Waals surface area contributed by atoms with Crippen LogP contribution < -0.4 is 15.4 Å². The van der Waals surface area contributed by atoms with Crippen LogP contribution >= 0.6 is 11.3 Å². The molecule has 2 heterocycles. The zero-order valence-electron chi connectivity index (χ0n) is 13.0. The van der Waals surface area contributed by atoms with E-state index in [1.165, 1.54) is 18.3 Å². The number of hydrogen-bond acceptors (Lipinski definition) is 5. The van der Waals surface area contributed by atoms with E-state index in [0.717, 1.165) is 4.88 Å². The smallest absolute Gasteiger partial charge is 0.237 e. The Hall–Kier alpha value is -2.41. The Kier molecular flexibility index (Phi) is 6.10. The van der Waals surface area contributed by atoms with Crippen LogP contribution in [0, 0.1) is 0 Å². The number of pyridine rings is 1. The first-order valence-electron chi connectivity index (χ1n) is 7.28. The minimum absolute atomic E-state index is 0.139. The molecule has 0 bridgehead atoms. The van der Waals surface area contributed by atoms with Crippen LogP contribution in [0.2, 0.25) is 0 Å². The molecule has 0 aliphatic heterocycles. The summed E-state index contributed by atoms with van der Waals surface area (Å²) in [4.78, 5) is 28.7. The number of aromatic nitrogens is 1. The standard InChI is InChI=1S/C16H19N3O3S/c1-3-22-16-12(6-4-8-17-16)19-15(21)10-13(18-11(2)20)14-7-5-9-23-14/h4-9,13H,3,10H2,1-2H3,(H,18,20)(H,19,21)/t13-/m0/s1. The van der Waals surface area contributed by atoms with E-state index < -0.39 is 0 Å². The number of ether oxygens (including phenoxy) is 1. The summed E-state index contributed by atoms with van der Waals surface area (Å²) in [7, 11) is 0. The number of anilines is 1. The summed E-state index contributed by atoms with van der Waals surface area (Å²) >= 11 is 1.50. The van der Waals surface area contributed by atoms with Gasteiger partial charge in [-0.2, -0.15) is 0 Å². The van der Waals surface area contributed by atoms with Crippen LogP contribution in [-0.2, 0) is 9.59 Å². The number of hydrogen-bond donors (Lipinski definition) is 2. The Morgan fingerprint density at radius 2 is 2.17 bits per heavy atom. The molecule has 2 aromatic heterocycles. The fourth-order valence-corrected chi connectivity index (χ4v) is 2.86. The van der Waals surface area contributed by atoms with E-state index in [1.807, 2.05) is 24.4 Å². The van der Waals surface area contributed by atoms with Crippen LogP contribution in [0.15, 0.2) is 35.8 Å². The number of thiophene rings is 1. The van der Waals surface area contributed by atoms with Gasteiger partial charge in [0.25, 0.3) is 0 Å². The summed E-state index contributed by atoms with van der Waals surface area (Å²) in [5, 5.41) is 7.50. The van der Waals surface area contributed by atoms with Gasteiger partial charge in [-0.05, 0) is 30.5 Å². The maximum Gasteiger partial charge on any atom is 0.237 e. The maximum atomic E-state index is 12.3. The molecule has 0 unspecified atom stereocenters. The Morgan fingerprint density at radius 3 is 2.83 bits per heavy atom. The van der Waals surface area contributed by atoms with Crippen LogP contribution in [0.4, 0.5) is 5.69 Å². The fraction of sp³-hybridized carbons (Fsp3) is 0.312. The van der Waals surface area contributed by atoms with Crippen LogP contribution in [0.5, 0.6) is 5.88 Å². The lowest BCUT2D eigenvalue weighted by molar-refractivity contribution is -0.120. The van der Waals surface area contributed by atoms with Gasteiger partial charge >= 0.3 is 0 Å². The van der Waals surface area contributed by atoms with Gasteiger partial charge in [-0.25, -0.2) is 4.98 Å². The fourth-order valence-electron chi connectivity index (χ4n) is 2.08. The van der Waals surface area contributed by atoms with E-state index in [-0.39, 0.29) is 24.3 Å². The van der Waals surface area contributed by atoms with E-state index in [9.17, 15) is 9.59 Å². The maximum absolute atomic E-state index is 12.3. The van der Waals surface area contributed by atoms with Gasteiger partial charge in [-0.15, -0.1) is 11.3 Å². The molecule has 2 aromatic rings. The highest BCUT2D eigenvalue weighted by molar-refractivity contribution is 7.10. The van der Waals surface area contributed by atoms with Crippen LogP contribution in [0.1, 0.15) is 31.2 Å². The Labute approximate surface area is 138 Å². The topological polar surface area (TPSA) is 80.3 Å². The zero-order valence-corrected chi connectivity index (χ0v) is 13.9. The van der Waals surface area contributed by atoms with E-state index in [0.29, 0.717) is 18.2 Å². The summed E-state index contributed by atoms with van der Waals surface area (Å²) in [6, 6.07) is 6.90. The first-order valence-corrected chi connectivity index (χ1v) is 8.16. The molecule has 2 N–H and O–H groups in total. The lowest BCUT2D eigenvalue weighted by atomic mass is 10.1. The third kappa shape index (κ3) is 5.07. The molecule has 2 rings (SSSR count). The second-order valence-electron chi connectivity index (χ2n) is 4.81. The molecule has 7 heteroatoms. The van der Waals surface area contributed by atoms with Crippen LogP contribution in [-0.4, -0.2) is 23.4 Å². The lowest BCUT2D eigenvalue weighted by Crippen LogP contribution is -2.29. The van der Waals surface area contributed by atoms with E-state index >= 15 is 0 Å². The highest BCUT2D eigenvalue weighted by Crippen LogP contribution is 2.24. The molecule has 0 radical (unpaired) electrons. The minimum atomic E-state index is -0.347. The Morgan fingerprint density at radius 1 is 1.35 bits per heavy atom. The van der Waals surface area contributed by atoms with Crippen molar-refractivity contribution in [1.82, 2.24) is 10.3 Å². The second kappa shape index (κ2) is 8.28. The van der Waals surface area contributed by atoms with Gasteiger partial charge in [0, 0.05) is 18.0 Å². The first kappa shape index (κ1) is 17.0. The van der Waals surface area contributed by atoms with E-state index in [1.54, 1.807) is 18.3 Å². The van der Waals surface area contributed by atoms with E-state index in [2.05, 4.69) is 15.6 Å². The van der Waals surface area contributed by atoms with Gasteiger partial charge in [0.2, 0.25) is 17.7 Å².